The molecule has 0 unspecified atom stereocenters. The number of hydrogen-bond acceptors (Lipinski definition) is 4. The second-order valence-electron chi connectivity index (χ2n) is 6.20. The summed E-state index contributed by atoms with van der Waals surface area (Å²) in [5.74, 6) is 0.323. The Morgan fingerprint density at radius 3 is 2.86 bits per heavy atom. The van der Waals surface area contributed by atoms with Crippen LogP contribution in [-0.4, -0.2) is 28.0 Å². The molecule has 0 bridgehead atoms. The molecule has 7 heteroatoms. The van der Waals surface area contributed by atoms with Gasteiger partial charge >= 0.3 is 0 Å². The highest BCUT2D eigenvalue weighted by Gasteiger charge is 2.14. The quantitative estimate of drug-likeness (QED) is 0.553. The number of ether oxygens (including phenoxy) is 1. The van der Waals surface area contributed by atoms with Crippen molar-refractivity contribution in [3.63, 3.8) is 0 Å². The van der Waals surface area contributed by atoms with Crippen LogP contribution in [0.3, 0.4) is 0 Å². The molecule has 0 aliphatic rings. The van der Waals surface area contributed by atoms with Crippen LogP contribution in [0.1, 0.15) is 21.7 Å². The monoisotopic (exact) mass is 376 g/mol. The number of pyridine rings is 1. The molecule has 0 saturated heterocycles. The van der Waals surface area contributed by atoms with Crippen molar-refractivity contribution in [3.8, 4) is 5.88 Å². The lowest BCUT2D eigenvalue weighted by Gasteiger charge is -2.08. The van der Waals surface area contributed by atoms with E-state index >= 15 is 0 Å². The van der Waals surface area contributed by atoms with E-state index in [9.17, 15) is 9.18 Å². The molecular formula is C21H17FN4O2. The first-order valence-corrected chi connectivity index (χ1v) is 8.66. The lowest BCUT2D eigenvalue weighted by molar-refractivity contribution is 0.102. The molecule has 4 aromatic rings. The minimum atomic E-state index is -0.324. The second kappa shape index (κ2) is 7.48. The van der Waals surface area contributed by atoms with Crippen LogP contribution < -0.4 is 10.1 Å². The fraction of sp³-hybridized carbons (Fsp3) is 0.0952. The predicted octanol–water partition coefficient (Wildman–Crippen LogP) is 3.95. The maximum Gasteiger partial charge on any atom is 0.261 e. The number of nitrogens with one attached hydrogen (secondary N) is 2. The summed E-state index contributed by atoms with van der Waals surface area (Å²) in [4.78, 5) is 24.2. The van der Waals surface area contributed by atoms with Crippen LogP contribution >= 0.6 is 0 Å². The molecule has 2 heterocycles. The first kappa shape index (κ1) is 17.7. The first-order valence-electron chi connectivity index (χ1n) is 8.66. The third-order valence-corrected chi connectivity index (χ3v) is 4.31. The molecule has 0 radical (unpaired) electrons. The highest BCUT2D eigenvalue weighted by Crippen LogP contribution is 2.21. The third-order valence-electron chi connectivity index (χ3n) is 4.31. The van der Waals surface area contributed by atoms with Gasteiger partial charge in [-0.15, -0.1) is 0 Å². The van der Waals surface area contributed by atoms with Gasteiger partial charge in [-0.05, 0) is 42.0 Å². The minimum absolute atomic E-state index is 0.259. The standard InChI is InChI=1S/C21H17FN4O2/c1-28-21-15(6-4-10-23-21)20(27)24-14-8-9-17-18(12-14)26-19(25-17)11-13-5-2-3-7-16(13)22/h2-10,12H,11H2,1H3,(H,24,27)(H,25,26). The van der Waals surface area contributed by atoms with Gasteiger partial charge in [-0.2, -0.15) is 0 Å². The number of aromatic nitrogens is 3. The van der Waals surface area contributed by atoms with Crippen molar-refractivity contribution < 1.29 is 13.9 Å². The van der Waals surface area contributed by atoms with Gasteiger partial charge in [-0.3, -0.25) is 4.79 Å². The zero-order valence-electron chi connectivity index (χ0n) is 15.1. The number of imidazole rings is 1. The maximum atomic E-state index is 13.9. The van der Waals surface area contributed by atoms with E-state index in [2.05, 4.69) is 20.3 Å². The Morgan fingerprint density at radius 2 is 2.04 bits per heavy atom. The van der Waals surface area contributed by atoms with Crippen molar-refractivity contribution in [1.82, 2.24) is 15.0 Å². The summed E-state index contributed by atoms with van der Waals surface area (Å²) < 4.78 is 19.0. The number of benzene rings is 2. The van der Waals surface area contributed by atoms with E-state index in [0.717, 1.165) is 11.0 Å². The molecule has 0 saturated carbocycles. The van der Waals surface area contributed by atoms with Crippen LogP contribution in [0.15, 0.2) is 60.8 Å². The van der Waals surface area contributed by atoms with Crippen molar-refractivity contribution in [2.45, 2.75) is 6.42 Å². The molecular weight excluding hydrogens is 359 g/mol. The fourth-order valence-electron chi connectivity index (χ4n) is 2.97. The van der Waals surface area contributed by atoms with Crippen molar-refractivity contribution in [2.75, 3.05) is 12.4 Å². The summed E-state index contributed by atoms with van der Waals surface area (Å²) in [5, 5.41) is 2.83. The molecule has 6 nitrogen and oxygen atoms in total. The molecule has 2 aromatic carbocycles. The Hall–Kier alpha value is -3.74. The molecule has 2 N–H and O–H groups in total. The lowest BCUT2D eigenvalue weighted by Crippen LogP contribution is -2.13. The number of H-pyrrole nitrogens is 1. The largest absolute Gasteiger partial charge is 0.480 e. The molecule has 0 fully saturated rings. The molecule has 0 atom stereocenters. The molecule has 4 rings (SSSR count). The van der Waals surface area contributed by atoms with Gasteiger partial charge in [0.2, 0.25) is 5.88 Å². The molecule has 0 spiro atoms. The number of methoxy groups -OCH3 is 1. The molecule has 0 aliphatic carbocycles. The number of carbonyl (C=O) groups excluding carboxylic acids is 1. The molecule has 140 valence electrons. The summed E-state index contributed by atoms with van der Waals surface area (Å²) in [5.41, 5.74) is 3.00. The number of carbonyl (C=O) groups is 1. The van der Waals surface area contributed by atoms with Crippen LogP contribution in [0.5, 0.6) is 5.88 Å². The van der Waals surface area contributed by atoms with Crippen LogP contribution in [-0.2, 0) is 6.42 Å². The molecule has 0 aliphatic heterocycles. The van der Waals surface area contributed by atoms with Gasteiger partial charge in [0.1, 0.15) is 17.2 Å². The van der Waals surface area contributed by atoms with E-state index < -0.39 is 0 Å². The normalized spacial score (nSPS) is 10.8. The van der Waals surface area contributed by atoms with Gasteiger partial charge < -0.3 is 15.0 Å². The minimum Gasteiger partial charge on any atom is -0.480 e. The van der Waals surface area contributed by atoms with Gasteiger partial charge in [-0.25, -0.2) is 14.4 Å². The van der Waals surface area contributed by atoms with E-state index in [-0.39, 0.29) is 17.6 Å². The number of fused-ring (bicyclic) bond motifs is 1. The van der Waals surface area contributed by atoms with Gasteiger partial charge in [0.15, 0.2) is 0 Å². The van der Waals surface area contributed by atoms with Gasteiger partial charge in [0.25, 0.3) is 5.91 Å². The Morgan fingerprint density at radius 1 is 1.18 bits per heavy atom. The van der Waals surface area contributed by atoms with Crippen molar-refractivity contribution >= 4 is 22.6 Å². The van der Waals surface area contributed by atoms with E-state index in [1.165, 1.54) is 13.2 Å². The van der Waals surface area contributed by atoms with Crippen molar-refractivity contribution in [1.29, 1.82) is 0 Å². The Balaban J connectivity index is 1.56. The average molecular weight is 376 g/mol. The maximum absolute atomic E-state index is 13.9. The third kappa shape index (κ3) is 3.55. The van der Waals surface area contributed by atoms with Crippen molar-refractivity contribution in [3.05, 3.63) is 83.6 Å². The highest BCUT2D eigenvalue weighted by molar-refractivity contribution is 6.06. The van der Waals surface area contributed by atoms with Gasteiger partial charge in [0, 0.05) is 18.3 Å². The summed E-state index contributed by atoms with van der Waals surface area (Å²) in [7, 11) is 1.47. The van der Waals surface area contributed by atoms with E-state index in [4.69, 9.17) is 4.74 Å². The van der Waals surface area contributed by atoms with Crippen molar-refractivity contribution in [2.24, 2.45) is 0 Å². The number of halogens is 1. The number of rotatable bonds is 5. The van der Waals surface area contributed by atoms with E-state index in [0.29, 0.717) is 29.1 Å². The number of hydrogen-bond donors (Lipinski definition) is 2. The van der Waals surface area contributed by atoms with Gasteiger partial charge in [-0.1, -0.05) is 18.2 Å². The summed E-state index contributed by atoms with van der Waals surface area (Å²) in [6.45, 7) is 0. The number of anilines is 1. The van der Waals surface area contributed by atoms with Crippen LogP contribution in [0.25, 0.3) is 11.0 Å². The predicted molar refractivity (Wildman–Crippen MR) is 104 cm³/mol. The summed E-state index contributed by atoms with van der Waals surface area (Å²) in [6.07, 6.45) is 1.92. The Bertz CT molecular complexity index is 1160. The van der Waals surface area contributed by atoms with Crippen LogP contribution in [0.2, 0.25) is 0 Å². The Kier molecular flexibility index (Phi) is 4.72. The molecule has 1 amide bonds. The molecule has 2 aromatic heterocycles. The number of aromatic amines is 1. The fourth-order valence-corrected chi connectivity index (χ4v) is 2.97. The van der Waals surface area contributed by atoms with Crippen LogP contribution in [0.4, 0.5) is 10.1 Å². The van der Waals surface area contributed by atoms with Gasteiger partial charge in [0.05, 0.1) is 18.1 Å². The summed E-state index contributed by atoms with van der Waals surface area (Å²) >= 11 is 0. The second-order valence-corrected chi connectivity index (χ2v) is 6.20. The zero-order chi connectivity index (χ0) is 19.5. The topological polar surface area (TPSA) is 79.9 Å². The summed E-state index contributed by atoms with van der Waals surface area (Å²) in [6, 6.07) is 15.3. The number of nitrogens with zero attached hydrogens (tertiary/aromatic N) is 2. The lowest BCUT2D eigenvalue weighted by atomic mass is 10.1. The SMILES string of the molecule is COc1ncccc1C(=O)Nc1ccc2nc(Cc3ccccc3F)[nH]c2c1. The zero-order valence-corrected chi connectivity index (χ0v) is 15.1. The Labute approximate surface area is 160 Å². The smallest absolute Gasteiger partial charge is 0.261 e. The van der Waals surface area contributed by atoms with Crippen LogP contribution in [0, 0.1) is 5.82 Å². The average Bonchev–Trinajstić information content (AvgIpc) is 3.11. The number of amides is 1. The highest BCUT2D eigenvalue weighted by atomic mass is 19.1. The van der Waals surface area contributed by atoms with E-state index in [1.54, 1.807) is 54.7 Å². The molecule has 28 heavy (non-hydrogen) atoms. The first-order chi connectivity index (χ1) is 13.6. The van der Waals surface area contributed by atoms with E-state index in [1.807, 2.05) is 0 Å².